The highest BCUT2D eigenvalue weighted by Crippen LogP contribution is 2.46. The second-order valence-corrected chi connectivity index (χ2v) is 9.98. The van der Waals surface area contributed by atoms with Crippen LogP contribution in [0.1, 0.15) is 63.9 Å². The van der Waals surface area contributed by atoms with Crippen molar-refractivity contribution in [2.45, 2.75) is 63.9 Å². The molecule has 3 aliphatic heterocycles. The van der Waals surface area contributed by atoms with Gasteiger partial charge in [-0.1, -0.05) is 32.0 Å². The molecule has 3 heterocycles. The van der Waals surface area contributed by atoms with E-state index in [2.05, 4.69) is 42.3 Å². The first-order valence-corrected chi connectivity index (χ1v) is 11.9. The molecular formula is C25H38N2O3. The number of nitrogens with zero attached hydrogens (tertiary/aromatic N) is 1. The number of benzene rings is 1. The number of hydrogen-bond acceptors (Lipinski definition) is 4. The number of carbonyl (C=O) groups excluding carboxylic acids is 1. The van der Waals surface area contributed by atoms with Crippen LogP contribution in [-0.2, 0) is 9.53 Å². The molecule has 0 saturated carbocycles. The number of likely N-dealkylation sites (tertiary alicyclic amines) is 1. The van der Waals surface area contributed by atoms with E-state index in [4.69, 9.17) is 9.47 Å². The topological polar surface area (TPSA) is 50.8 Å². The Labute approximate surface area is 181 Å². The molecule has 0 radical (unpaired) electrons. The minimum Gasteiger partial charge on any atom is -0.487 e. The maximum atomic E-state index is 12.6. The molecule has 1 unspecified atom stereocenters. The number of carbonyl (C=O) groups is 1. The zero-order valence-corrected chi connectivity index (χ0v) is 18.7. The number of hydrogen-bond donors (Lipinski definition) is 1. The van der Waals surface area contributed by atoms with Gasteiger partial charge in [-0.3, -0.25) is 4.79 Å². The monoisotopic (exact) mass is 414 g/mol. The van der Waals surface area contributed by atoms with E-state index in [0.29, 0.717) is 12.3 Å². The molecule has 1 N–H and O–H groups in total. The lowest BCUT2D eigenvalue weighted by molar-refractivity contribution is -0.122. The van der Waals surface area contributed by atoms with Crippen molar-refractivity contribution in [3.05, 3.63) is 29.8 Å². The van der Waals surface area contributed by atoms with E-state index in [9.17, 15) is 4.79 Å². The summed E-state index contributed by atoms with van der Waals surface area (Å²) in [5, 5.41) is 3.11. The molecule has 1 aromatic carbocycles. The van der Waals surface area contributed by atoms with E-state index in [1.165, 1.54) is 24.9 Å². The van der Waals surface area contributed by atoms with Crippen molar-refractivity contribution in [3.63, 3.8) is 0 Å². The Kier molecular flexibility index (Phi) is 6.99. The fourth-order valence-electron chi connectivity index (χ4n) is 5.28. The van der Waals surface area contributed by atoms with Crippen LogP contribution < -0.4 is 10.1 Å². The summed E-state index contributed by atoms with van der Waals surface area (Å²) in [6, 6.07) is 8.34. The molecule has 1 spiro atoms. The van der Waals surface area contributed by atoms with Crippen LogP contribution in [-0.4, -0.2) is 55.8 Å². The Morgan fingerprint density at radius 3 is 2.67 bits per heavy atom. The van der Waals surface area contributed by atoms with Crippen molar-refractivity contribution in [1.82, 2.24) is 10.2 Å². The SMILES string of the molecule is CC(C)CNC(=O)CC1CC2(CCN(CC3CCOCC3)CC2)Oc2ccccc21. The van der Waals surface area contributed by atoms with E-state index in [1.807, 2.05) is 6.07 Å². The number of para-hydroxylation sites is 1. The molecule has 2 saturated heterocycles. The molecule has 0 aromatic heterocycles. The predicted molar refractivity (Wildman–Crippen MR) is 119 cm³/mol. The predicted octanol–water partition coefficient (Wildman–Crippen LogP) is 3.98. The first kappa shape index (κ1) is 21.6. The molecule has 1 aromatic rings. The third-order valence-electron chi connectivity index (χ3n) is 7.07. The summed E-state index contributed by atoms with van der Waals surface area (Å²) in [4.78, 5) is 15.2. The quantitative estimate of drug-likeness (QED) is 0.765. The summed E-state index contributed by atoms with van der Waals surface area (Å²) in [5.74, 6) is 2.64. The van der Waals surface area contributed by atoms with Crippen LogP contribution >= 0.6 is 0 Å². The van der Waals surface area contributed by atoms with Crippen molar-refractivity contribution in [3.8, 4) is 5.75 Å². The molecule has 0 aliphatic carbocycles. The van der Waals surface area contributed by atoms with Crippen molar-refractivity contribution in [2.24, 2.45) is 11.8 Å². The largest absolute Gasteiger partial charge is 0.487 e. The summed E-state index contributed by atoms with van der Waals surface area (Å²) < 4.78 is 12.1. The zero-order chi connectivity index (χ0) is 21.0. The van der Waals surface area contributed by atoms with Gasteiger partial charge in [0.05, 0.1) is 0 Å². The third kappa shape index (κ3) is 5.36. The number of piperidine rings is 1. The Bertz CT molecular complexity index is 706. The zero-order valence-electron chi connectivity index (χ0n) is 18.7. The van der Waals surface area contributed by atoms with Crippen molar-refractivity contribution < 1.29 is 14.3 Å². The molecule has 5 heteroatoms. The summed E-state index contributed by atoms with van der Waals surface area (Å²) in [6.07, 6.45) is 5.99. The minimum absolute atomic E-state index is 0.122. The van der Waals surface area contributed by atoms with Gasteiger partial charge in [-0.2, -0.15) is 0 Å². The van der Waals surface area contributed by atoms with Crippen LogP contribution in [0.15, 0.2) is 24.3 Å². The second-order valence-electron chi connectivity index (χ2n) is 9.98. The van der Waals surface area contributed by atoms with Gasteiger partial charge in [-0.05, 0) is 55.6 Å². The van der Waals surface area contributed by atoms with Gasteiger partial charge >= 0.3 is 0 Å². The van der Waals surface area contributed by atoms with Gasteiger partial charge in [-0.15, -0.1) is 0 Å². The van der Waals surface area contributed by atoms with Crippen LogP contribution in [0.5, 0.6) is 5.75 Å². The van der Waals surface area contributed by atoms with E-state index < -0.39 is 0 Å². The summed E-state index contributed by atoms with van der Waals surface area (Å²) in [5.41, 5.74) is 1.08. The number of fused-ring (bicyclic) bond motifs is 1. The van der Waals surface area contributed by atoms with Crippen LogP contribution in [0.2, 0.25) is 0 Å². The highest BCUT2D eigenvalue weighted by Gasteiger charge is 2.43. The van der Waals surface area contributed by atoms with E-state index in [1.54, 1.807) is 0 Å². The van der Waals surface area contributed by atoms with Gasteiger partial charge in [0.1, 0.15) is 11.4 Å². The summed E-state index contributed by atoms with van der Waals surface area (Å²) in [7, 11) is 0. The van der Waals surface area contributed by atoms with Crippen LogP contribution in [0.25, 0.3) is 0 Å². The maximum Gasteiger partial charge on any atom is 0.220 e. The molecule has 166 valence electrons. The first-order chi connectivity index (χ1) is 14.5. The number of ether oxygens (including phenoxy) is 2. The molecule has 1 amide bonds. The molecule has 0 bridgehead atoms. The van der Waals surface area contributed by atoms with Crippen LogP contribution in [0, 0.1) is 11.8 Å². The lowest BCUT2D eigenvalue weighted by Crippen LogP contribution is -2.51. The van der Waals surface area contributed by atoms with Gasteiger partial charge in [0.2, 0.25) is 5.91 Å². The van der Waals surface area contributed by atoms with Gasteiger partial charge < -0.3 is 19.7 Å². The minimum atomic E-state index is -0.122. The Balaban J connectivity index is 1.39. The standard InChI is InChI=1S/C25H38N2O3/c1-19(2)17-26-24(28)15-21-16-25(30-23-6-4-3-5-22(21)23)9-11-27(12-10-25)18-20-7-13-29-14-8-20/h3-6,19-21H,7-18H2,1-2H3,(H,26,28). The van der Waals surface area contributed by atoms with Gasteiger partial charge in [0.15, 0.2) is 0 Å². The summed E-state index contributed by atoms with van der Waals surface area (Å²) >= 11 is 0. The molecule has 5 nitrogen and oxygen atoms in total. The van der Waals surface area contributed by atoms with E-state index >= 15 is 0 Å². The number of rotatable bonds is 6. The first-order valence-electron chi connectivity index (χ1n) is 11.9. The molecule has 1 atom stereocenters. The Morgan fingerprint density at radius 2 is 1.93 bits per heavy atom. The van der Waals surface area contributed by atoms with Crippen molar-refractivity contribution >= 4 is 5.91 Å². The lowest BCUT2D eigenvalue weighted by Gasteiger charge is -2.47. The lowest BCUT2D eigenvalue weighted by atomic mass is 9.76. The average Bonchev–Trinajstić information content (AvgIpc) is 2.75. The smallest absolute Gasteiger partial charge is 0.220 e. The summed E-state index contributed by atoms with van der Waals surface area (Å²) in [6.45, 7) is 10.2. The molecule has 30 heavy (non-hydrogen) atoms. The highest BCUT2D eigenvalue weighted by molar-refractivity contribution is 5.77. The normalized spacial score (nSPS) is 24.4. The number of nitrogens with one attached hydrogen (secondary N) is 1. The Hall–Kier alpha value is -1.59. The second kappa shape index (κ2) is 9.69. The van der Waals surface area contributed by atoms with Crippen LogP contribution in [0.4, 0.5) is 0 Å². The molecule has 3 aliphatic rings. The van der Waals surface area contributed by atoms with Crippen molar-refractivity contribution in [2.75, 3.05) is 39.4 Å². The Morgan fingerprint density at radius 1 is 1.20 bits per heavy atom. The highest BCUT2D eigenvalue weighted by atomic mass is 16.5. The third-order valence-corrected chi connectivity index (χ3v) is 7.07. The maximum absolute atomic E-state index is 12.6. The van der Waals surface area contributed by atoms with Gasteiger partial charge in [0.25, 0.3) is 0 Å². The molecule has 2 fully saturated rings. The number of amides is 1. The van der Waals surface area contributed by atoms with Crippen LogP contribution in [0.3, 0.4) is 0 Å². The molecular weight excluding hydrogens is 376 g/mol. The van der Waals surface area contributed by atoms with Gasteiger partial charge in [-0.25, -0.2) is 0 Å². The molecule has 4 rings (SSSR count). The fraction of sp³-hybridized carbons (Fsp3) is 0.720. The van der Waals surface area contributed by atoms with E-state index in [0.717, 1.165) is 63.8 Å². The van der Waals surface area contributed by atoms with Gasteiger partial charge in [0, 0.05) is 51.7 Å². The van der Waals surface area contributed by atoms with E-state index in [-0.39, 0.29) is 17.4 Å². The average molecular weight is 415 g/mol. The fourth-order valence-corrected chi connectivity index (χ4v) is 5.28. The van der Waals surface area contributed by atoms with Crippen molar-refractivity contribution in [1.29, 1.82) is 0 Å².